The lowest BCUT2D eigenvalue weighted by molar-refractivity contribution is 0.194. The fraction of sp³-hybridized carbons (Fsp3) is 0.286. The Morgan fingerprint density at radius 1 is 1.39 bits per heavy atom. The SMILES string of the molecule is C[C@@H](O)c1c(F)cccc1N(C)Cc1ccoc1. The van der Waals surface area contributed by atoms with E-state index in [0.29, 0.717) is 17.8 Å². The van der Waals surface area contributed by atoms with E-state index in [4.69, 9.17) is 4.42 Å². The zero-order valence-corrected chi connectivity index (χ0v) is 10.4. The van der Waals surface area contributed by atoms with Crippen molar-refractivity contribution in [1.82, 2.24) is 0 Å². The van der Waals surface area contributed by atoms with Crippen LogP contribution in [0.5, 0.6) is 0 Å². The second kappa shape index (κ2) is 5.23. The number of furan rings is 1. The van der Waals surface area contributed by atoms with Crippen molar-refractivity contribution in [2.24, 2.45) is 0 Å². The molecule has 0 spiro atoms. The van der Waals surface area contributed by atoms with Crippen molar-refractivity contribution in [3.8, 4) is 0 Å². The van der Waals surface area contributed by atoms with Gasteiger partial charge in [0.05, 0.1) is 18.6 Å². The average Bonchev–Trinajstić information content (AvgIpc) is 2.80. The van der Waals surface area contributed by atoms with Gasteiger partial charge in [-0.05, 0) is 25.1 Å². The Morgan fingerprint density at radius 2 is 2.17 bits per heavy atom. The van der Waals surface area contributed by atoms with Crippen LogP contribution in [-0.2, 0) is 6.54 Å². The molecule has 1 N–H and O–H groups in total. The van der Waals surface area contributed by atoms with E-state index in [-0.39, 0.29) is 5.82 Å². The first-order valence-electron chi connectivity index (χ1n) is 5.78. The molecule has 2 aromatic rings. The Labute approximate surface area is 105 Å². The maximum atomic E-state index is 13.7. The molecule has 1 atom stereocenters. The van der Waals surface area contributed by atoms with Crippen molar-refractivity contribution in [1.29, 1.82) is 0 Å². The van der Waals surface area contributed by atoms with Crippen molar-refractivity contribution >= 4 is 5.69 Å². The van der Waals surface area contributed by atoms with E-state index < -0.39 is 6.10 Å². The van der Waals surface area contributed by atoms with E-state index in [2.05, 4.69) is 0 Å². The molecule has 4 heteroatoms. The standard InChI is InChI=1S/C14H16FNO2/c1-10(17)14-12(15)4-3-5-13(14)16(2)8-11-6-7-18-9-11/h3-7,9-10,17H,8H2,1-2H3/t10-/m1/s1. The predicted molar refractivity (Wildman–Crippen MR) is 67.8 cm³/mol. The summed E-state index contributed by atoms with van der Waals surface area (Å²) in [4.78, 5) is 1.88. The lowest BCUT2D eigenvalue weighted by atomic mass is 10.1. The van der Waals surface area contributed by atoms with Gasteiger partial charge in [0, 0.05) is 30.4 Å². The van der Waals surface area contributed by atoms with Crippen LogP contribution in [0.4, 0.5) is 10.1 Å². The minimum absolute atomic E-state index is 0.323. The van der Waals surface area contributed by atoms with Crippen LogP contribution in [0.25, 0.3) is 0 Å². The summed E-state index contributed by atoms with van der Waals surface area (Å²) < 4.78 is 18.7. The number of halogens is 1. The van der Waals surface area contributed by atoms with Crippen LogP contribution in [0.2, 0.25) is 0 Å². The topological polar surface area (TPSA) is 36.6 Å². The average molecular weight is 249 g/mol. The van der Waals surface area contributed by atoms with Gasteiger partial charge in [-0.3, -0.25) is 0 Å². The summed E-state index contributed by atoms with van der Waals surface area (Å²) in [5, 5.41) is 9.68. The van der Waals surface area contributed by atoms with E-state index in [0.717, 1.165) is 5.56 Å². The molecule has 0 amide bonds. The second-order valence-electron chi connectivity index (χ2n) is 4.34. The molecule has 0 aliphatic heterocycles. The van der Waals surface area contributed by atoms with E-state index >= 15 is 0 Å². The van der Waals surface area contributed by atoms with Gasteiger partial charge in [0.1, 0.15) is 5.82 Å². The first-order chi connectivity index (χ1) is 8.59. The number of benzene rings is 1. The highest BCUT2D eigenvalue weighted by atomic mass is 19.1. The number of nitrogens with zero attached hydrogens (tertiary/aromatic N) is 1. The third kappa shape index (κ3) is 2.54. The minimum atomic E-state index is -0.840. The smallest absolute Gasteiger partial charge is 0.131 e. The molecule has 0 saturated carbocycles. The fourth-order valence-electron chi connectivity index (χ4n) is 2.01. The molecule has 18 heavy (non-hydrogen) atoms. The first kappa shape index (κ1) is 12.6. The Hall–Kier alpha value is -1.81. The molecule has 0 aliphatic carbocycles. The molecule has 3 nitrogen and oxygen atoms in total. The number of anilines is 1. The van der Waals surface area contributed by atoms with Gasteiger partial charge in [0.2, 0.25) is 0 Å². The Balaban J connectivity index is 2.29. The van der Waals surface area contributed by atoms with Crippen LogP contribution in [0.15, 0.2) is 41.2 Å². The van der Waals surface area contributed by atoms with Crippen molar-refractivity contribution < 1.29 is 13.9 Å². The summed E-state index contributed by atoms with van der Waals surface area (Å²) in [6.07, 6.45) is 2.41. The number of aliphatic hydroxyl groups excluding tert-OH is 1. The summed E-state index contributed by atoms with van der Waals surface area (Å²) in [6.45, 7) is 2.16. The normalized spacial score (nSPS) is 12.4. The van der Waals surface area contributed by atoms with Gasteiger partial charge in [-0.1, -0.05) is 6.07 Å². The van der Waals surface area contributed by atoms with E-state index in [1.165, 1.54) is 6.07 Å². The van der Waals surface area contributed by atoms with E-state index in [9.17, 15) is 9.50 Å². The van der Waals surface area contributed by atoms with Crippen LogP contribution < -0.4 is 4.90 Å². The quantitative estimate of drug-likeness (QED) is 0.904. The Bertz CT molecular complexity index is 509. The molecule has 1 aromatic heterocycles. The zero-order valence-electron chi connectivity index (χ0n) is 10.4. The molecule has 0 aliphatic rings. The van der Waals surface area contributed by atoms with Crippen LogP contribution in [0.1, 0.15) is 24.2 Å². The van der Waals surface area contributed by atoms with Gasteiger partial charge in [-0.2, -0.15) is 0 Å². The highest BCUT2D eigenvalue weighted by Gasteiger charge is 2.16. The summed E-state index contributed by atoms with van der Waals surface area (Å²) >= 11 is 0. The molecule has 0 saturated heterocycles. The molecule has 0 unspecified atom stereocenters. The monoisotopic (exact) mass is 249 g/mol. The zero-order chi connectivity index (χ0) is 13.1. The molecule has 0 radical (unpaired) electrons. The number of hydrogen-bond acceptors (Lipinski definition) is 3. The summed E-state index contributed by atoms with van der Waals surface area (Å²) in [5.41, 5.74) is 2.01. The van der Waals surface area contributed by atoms with Gasteiger partial charge in [-0.25, -0.2) is 4.39 Å². The molecule has 1 heterocycles. The summed E-state index contributed by atoms with van der Waals surface area (Å²) in [5.74, 6) is -0.387. The third-order valence-electron chi connectivity index (χ3n) is 2.86. The molecule has 0 bridgehead atoms. The van der Waals surface area contributed by atoms with Crippen molar-refractivity contribution in [2.75, 3.05) is 11.9 Å². The largest absolute Gasteiger partial charge is 0.472 e. The first-order valence-corrected chi connectivity index (χ1v) is 5.78. The fourth-order valence-corrected chi connectivity index (χ4v) is 2.01. The van der Waals surface area contributed by atoms with Crippen LogP contribution >= 0.6 is 0 Å². The van der Waals surface area contributed by atoms with Gasteiger partial charge in [-0.15, -0.1) is 0 Å². The van der Waals surface area contributed by atoms with Crippen LogP contribution in [-0.4, -0.2) is 12.2 Å². The molecule has 0 fully saturated rings. The second-order valence-corrected chi connectivity index (χ2v) is 4.34. The van der Waals surface area contributed by atoms with Gasteiger partial charge in [0.25, 0.3) is 0 Å². The van der Waals surface area contributed by atoms with E-state index in [1.54, 1.807) is 31.6 Å². The lowest BCUT2D eigenvalue weighted by Gasteiger charge is -2.23. The van der Waals surface area contributed by atoms with Crippen molar-refractivity contribution in [3.05, 3.63) is 53.7 Å². The Kier molecular flexibility index (Phi) is 3.67. The highest BCUT2D eigenvalue weighted by Crippen LogP contribution is 2.29. The number of rotatable bonds is 4. The maximum absolute atomic E-state index is 13.7. The molecule has 2 rings (SSSR count). The maximum Gasteiger partial charge on any atom is 0.131 e. The van der Waals surface area contributed by atoms with E-state index in [1.807, 2.05) is 18.0 Å². The van der Waals surface area contributed by atoms with Crippen LogP contribution in [0, 0.1) is 5.82 Å². The lowest BCUT2D eigenvalue weighted by Crippen LogP contribution is -2.19. The van der Waals surface area contributed by atoms with Crippen molar-refractivity contribution in [2.45, 2.75) is 19.6 Å². The summed E-state index contributed by atoms with van der Waals surface area (Å²) in [6, 6.07) is 6.66. The molecule has 96 valence electrons. The predicted octanol–water partition coefficient (Wildman–Crippen LogP) is 3.11. The molecular formula is C14H16FNO2. The van der Waals surface area contributed by atoms with Crippen LogP contribution in [0.3, 0.4) is 0 Å². The van der Waals surface area contributed by atoms with Crippen molar-refractivity contribution in [3.63, 3.8) is 0 Å². The molecule has 1 aromatic carbocycles. The molecular weight excluding hydrogens is 233 g/mol. The number of aliphatic hydroxyl groups is 1. The summed E-state index contributed by atoms with van der Waals surface area (Å²) in [7, 11) is 1.85. The third-order valence-corrected chi connectivity index (χ3v) is 2.86. The van der Waals surface area contributed by atoms with Gasteiger partial charge in [0.15, 0.2) is 0 Å². The van der Waals surface area contributed by atoms with Gasteiger partial charge >= 0.3 is 0 Å². The highest BCUT2D eigenvalue weighted by molar-refractivity contribution is 5.54. The minimum Gasteiger partial charge on any atom is -0.472 e. The Morgan fingerprint density at radius 3 is 2.78 bits per heavy atom. The van der Waals surface area contributed by atoms with Gasteiger partial charge < -0.3 is 14.4 Å². The number of hydrogen-bond donors (Lipinski definition) is 1.